The number of aliphatic hydroxyl groups excluding tert-OH is 1. The third kappa shape index (κ3) is 3.13. The Hall–Kier alpha value is -3.35. The average Bonchev–Trinajstić information content (AvgIpc) is 2.81. The van der Waals surface area contributed by atoms with Gasteiger partial charge in [0.25, 0.3) is 0 Å². The molecule has 2 aromatic rings. The normalized spacial score (nSPS) is 22.7. The molecule has 1 aliphatic rings. The van der Waals surface area contributed by atoms with E-state index in [4.69, 9.17) is 0 Å². The molecule has 1 saturated carbocycles. The van der Waals surface area contributed by atoms with Gasteiger partial charge >= 0.3 is 35.3 Å². The number of hydrogen-bond donors (Lipinski definition) is 1. The highest BCUT2D eigenvalue weighted by atomic mass is 19.4. The van der Waals surface area contributed by atoms with E-state index < -0.39 is 110 Å². The SMILES string of the molecule is O=C(/C=C(\O)c1c(F)c(F)c2c(F)c(F)c(F)c(F)c2c1F)C1(F)C(F)(F)C(F)(F)C(F)(F)C(F)(F)C1(F)F. The van der Waals surface area contributed by atoms with Gasteiger partial charge in [0.05, 0.1) is 16.3 Å². The number of halogens is 18. The van der Waals surface area contributed by atoms with Crippen molar-refractivity contribution < 1.29 is 88.9 Å². The van der Waals surface area contributed by atoms with Crippen molar-refractivity contribution in [1.29, 1.82) is 0 Å². The molecule has 1 aliphatic carbocycles. The van der Waals surface area contributed by atoms with Crippen molar-refractivity contribution in [3.8, 4) is 0 Å². The third-order valence-electron chi connectivity index (χ3n) is 5.64. The number of fused-ring (bicyclic) bond motifs is 1. The first kappa shape index (κ1) is 30.2. The Kier molecular flexibility index (Phi) is 6.26. The zero-order chi connectivity index (χ0) is 30.6. The highest BCUT2D eigenvalue weighted by Crippen LogP contribution is 2.69. The molecule has 0 radical (unpaired) electrons. The molecule has 2 nitrogen and oxygen atoms in total. The fourth-order valence-electron chi connectivity index (χ4n) is 3.54. The number of allylic oxidation sites excluding steroid dienone is 1. The van der Waals surface area contributed by atoms with E-state index in [9.17, 15) is 88.9 Å². The molecule has 1 fully saturated rings. The molecule has 0 saturated heterocycles. The predicted octanol–water partition coefficient (Wildman–Crippen LogP) is 7.18. The molecule has 0 amide bonds. The highest BCUT2D eigenvalue weighted by molar-refractivity contribution is 6.04. The van der Waals surface area contributed by atoms with Gasteiger partial charge in [0.15, 0.2) is 34.9 Å². The molecule has 0 heterocycles. The van der Waals surface area contributed by atoms with Gasteiger partial charge in [-0.25, -0.2) is 35.1 Å². The summed E-state index contributed by atoms with van der Waals surface area (Å²) in [6, 6.07) is 0. The van der Waals surface area contributed by atoms with Crippen molar-refractivity contribution in [3.05, 3.63) is 52.4 Å². The Balaban J connectivity index is 2.37. The van der Waals surface area contributed by atoms with E-state index in [1.54, 1.807) is 0 Å². The molecule has 2 aromatic carbocycles. The second-order valence-electron chi connectivity index (χ2n) is 7.75. The van der Waals surface area contributed by atoms with Gasteiger partial charge in [-0.15, -0.1) is 0 Å². The lowest BCUT2D eigenvalue weighted by Gasteiger charge is -2.51. The maximum atomic E-state index is 14.7. The number of benzene rings is 2. The fraction of sp³-hybridized carbons (Fsp3) is 0.316. The van der Waals surface area contributed by atoms with E-state index in [2.05, 4.69) is 0 Å². The van der Waals surface area contributed by atoms with Crippen LogP contribution in [-0.2, 0) is 4.79 Å². The van der Waals surface area contributed by atoms with E-state index in [0.29, 0.717) is 0 Å². The first-order chi connectivity index (χ1) is 17.3. The third-order valence-corrected chi connectivity index (χ3v) is 5.64. The molecule has 0 aromatic heterocycles. The lowest BCUT2D eigenvalue weighted by molar-refractivity contribution is -0.475. The summed E-state index contributed by atoms with van der Waals surface area (Å²) < 4.78 is 249. The van der Waals surface area contributed by atoms with E-state index in [-0.39, 0.29) is 0 Å². The van der Waals surface area contributed by atoms with Crippen molar-refractivity contribution in [3.63, 3.8) is 0 Å². The molecular formula is C19H2F18O2. The van der Waals surface area contributed by atoms with Crippen LogP contribution >= 0.6 is 0 Å². The molecule has 216 valence electrons. The fourth-order valence-corrected chi connectivity index (χ4v) is 3.54. The van der Waals surface area contributed by atoms with Crippen LogP contribution in [0.15, 0.2) is 6.08 Å². The Morgan fingerprint density at radius 1 is 0.487 bits per heavy atom. The van der Waals surface area contributed by atoms with Crippen LogP contribution in [0.1, 0.15) is 5.56 Å². The second-order valence-corrected chi connectivity index (χ2v) is 7.75. The standard InChI is InChI=1S/C19H2F18O2/c20-7-4(8(21)9(22)6-5(7)10(23)12(25)13(26)11(6)24)2(38)1-3(39)14(27)15(28,29)17(32,33)19(36,37)18(34,35)16(14,30)31/h1,38H/b2-1-. The summed E-state index contributed by atoms with van der Waals surface area (Å²) in [5.41, 5.74) is -10.2. The molecule has 0 bridgehead atoms. The Morgan fingerprint density at radius 2 is 0.795 bits per heavy atom. The quantitative estimate of drug-likeness (QED) is 0.133. The lowest BCUT2D eigenvalue weighted by atomic mass is 9.70. The number of alkyl halides is 11. The Morgan fingerprint density at radius 3 is 1.18 bits per heavy atom. The number of hydrogen-bond acceptors (Lipinski definition) is 2. The van der Waals surface area contributed by atoms with Crippen molar-refractivity contribution in [2.24, 2.45) is 0 Å². The van der Waals surface area contributed by atoms with Gasteiger partial charge in [0.2, 0.25) is 5.78 Å². The number of ketones is 1. The minimum Gasteiger partial charge on any atom is -0.507 e. The van der Waals surface area contributed by atoms with Crippen molar-refractivity contribution in [2.75, 3.05) is 0 Å². The first-order valence-electron chi connectivity index (χ1n) is 9.16. The lowest BCUT2D eigenvalue weighted by Crippen LogP contribution is -2.85. The van der Waals surface area contributed by atoms with Crippen molar-refractivity contribution in [2.45, 2.75) is 35.3 Å². The van der Waals surface area contributed by atoms with Gasteiger partial charge in [0.1, 0.15) is 11.6 Å². The Bertz CT molecular complexity index is 1430. The molecule has 0 aliphatic heterocycles. The topological polar surface area (TPSA) is 37.3 Å². The zero-order valence-electron chi connectivity index (χ0n) is 17.2. The molecule has 39 heavy (non-hydrogen) atoms. The van der Waals surface area contributed by atoms with Crippen molar-refractivity contribution >= 4 is 22.3 Å². The van der Waals surface area contributed by atoms with Crippen LogP contribution in [0.4, 0.5) is 79.0 Å². The van der Waals surface area contributed by atoms with Crippen molar-refractivity contribution in [1.82, 2.24) is 0 Å². The van der Waals surface area contributed by atoms with Gasteiger partial charge in [-0.05, 0) is 0 Å². The summed E-state index contributed by atoms with van der Waals surface area (Å²) in [6.45, 7) is 0. The minimum atomic E-state index is -7.80. The van der Waals surface area contributed by atoms with Crippen LogP contribution in [-0.4, -0.2) is 46.2 Å². The smallest absolute Gasteiger partial charge is 0.384 e. The summed E-state index contributed by atoms with van der Waals surface area (Å²) in [5.74, 6) is -66.8. The van der Waals surface area contributed by atoms with Gasteiger partial charge in [-0.1, -0.05) is 0 Å². The summed E-state index contributed by atoms with van der Waals surface area (Å²) in [7, 11) is 0. The van der Waals surface area contributed by atoms with E-state index in [1.165, 1.54) is 0 Å². The molecule has 0 atom stereocenters. The molecule has 0 unspecified atom stereocenters. The van der Waals surface area contributed by atoms with Crippen LogP contribution in [0.3, 0.4) is 0 Å². The predicted molar refractivity (Wildman–Crippen MR) is 87.8 cm³/mol. The Labute approximate surface area is 200 Å². The summed E-state index contributed by atoms with van der Waals surface area (Å²) in [4.78, 5) is 11.8. The molecular weight excluding hydrogens is 602 g/mol. The molecule has 1 N–H and O–H groups in total. The van der Waals surface area contributed by atoms with Crippen LogP contribution in [0, 0.1) is 40.7 Å². The summed E-state index contributed by atoms with van der Waals surface area (Å²) in [6.07, 6.45) is -1.71. The number of carbonyl (C=O) groups excluding carboxylic acids is 1. The molecule has 0 spiro atoms. The minimum absolute atomic E-state index is 1.71. The first-order valence-corrected chi connectivity index (χ1v) is 9.16. The van der Waals surface area contributed by atoms with Gasteiger partial charge in [0, 0.05) is 6.08 Å². The van der Waals surface area contributed by atoms with E-state index in [0.717, 1.165) is 0 Å². The largest absolute Gasteiger partial charge is 0.507 e. The van der Waals surface area contributed by atoms with E-state index >= 15 is 0 Å². The molecule has 20 heteroatoms. The van der Waals surface area contributed by atoms with Gasteiger partial charge in [-0.3, -0.25) is 4.79 Å². The van der Waals surface area contributed by atoms with Crippen LogP contribution in [0.5, 0.6) is 0 Å². The van der Waals surface area contributed by atoms with E-state index in [1.807, 2.05) is 0 Å². The van der Waals surface area contributed by atoms with Crippen LogP contribution < -0.4 is 0 Å². The highest BCUT2D eigenvalue weighted by Gasteiger charge is 3.02. The maximum Gasteiger partial charge on any atom is 0.384 e. The maximum absolute atomic E-state index is 14.7. The van der Waals surface area contributed by atoms with Crippen LogP contribution in [0.2, 0.25) is 0 Å². The number of rotatable bonds is 3. The molecule has 3 rings (SSSR count). The monoisotopic (exact) mass is 604 g/mol. The number of aliphatic hydroxyl groups is 1. The van der Waals surface area contributed by atoms with Crippen LogP contribution in [0.25, 0.3) is 16.5 Å². The van der Waals surface area contributed by atoms with Gasteiger partial charge in [-0.2, -0.15) is 43.9 Å². The second kappa shape index (κ2) is 8.09. The summed E-state index contributed by atoms with van der Waals surface area (Å²) >= 11 is 0. The zero-order valence-corrected chi connectivity index (χ0v) is 17.2. The summed E-state index contributed by atoms with van der Waals surface area (Å²) in [5, 5.41) is 4.74. The number of carbonyl (C=O) groups is 1. The van der Waals surface area contributed by atoms with Gasteiger partial charge < -0.3 is 5.11 Å². The average molecular weight is 604 g/mol.